The number of ether oxygens (including phenoxy) is 1. The first-order chi connectivity index (χ1) is 18.3. The van der Waals surface area contributed by atoms with Gasteiger partial charge in [0.1, 0.15) is 16.9 Å². The van der Waals surface area contributed by atoms with Gasteiger partial charge in [0.2, 0.25) is 11.8 Å². The molecular weight excluding hydrogens is 509 g/mol. The number of halogens is 1. The van der Waals surface area contributed by atoms with Crippen molar-refractivity contribution in [1.82, 2.24) is 4.98 Å². The zero-order valence-electron chi connectivity index (χ0n) is 20.0. The molecule has 5 rings (SSSR count). The SMILES string of the molecule is N#Cc1cc2c(nc1SC1CC(=O)N(c3ccc(C(=O)OCC(=O)c4ccc(F)cc4)cc3)C1=O)CCC2. The summed E-state index contributed by atoms with van der Waals surface area (Å²) in [6, 6.07) is 14.6. The van der Waals surface area contributed by atoms with Crippen LogP contribution in [0.15, 0.2) is 59.6 Å². The van der Waals surface area contributed by atoms with Crippen molar-refractivity contribution < 1.29 is 28.3 Å². The summed E-state index contributed by atoms with van der Waals surface area (Å²) in [5, 5.41) is 9.28. The number of amides is 2. The molecule has 0 bridgehead atoms. The quantitative estimate of drug-likeness (QED) is 0.256. The smallest absolute Gasteiger partial charge is 0.338 e. The van der Waals surface area contributed by atoms with Gasteiger partial charge in [0.05, 0.1) is 22.1 Å². The second-order valence-electron chi connectivity index (χ2n) is 8.84. The van der Waals surface area contributed by atoms with Crippen LogP contribution in [0.2, 0.25) is 0 Å². The minimum absolute atomic E-state index is 0.0393. The van der Waals surface area contributed by atoms with Crippen LogP contribution in [0.25, 0.3) is 0 Å². The van der Waals surface area contributed by atoms with Gasteiger partial charge in [-0.25, -0.2) is 19.1 Å². The van der Waals surface area contributed by atoms with Crippen molar-refractivity contribution in [2.24, 2.45) is 0 Å². The van der Waals surface area contributed by atoms with Crippen molar-refractivity contribution in [1.29, 1.82) is 5.26 Å². The molecule has 1 aliphatic heterocycles. The molecule has 2 aliphatic rings. The Morgan fingerprint density at radius 3 is 2.50 bits per heavy atom. The van der Waals surface area contributed by atoms with Crippen molar-refractivity contribution >= 4 is 41.0 Å². The molecule has 2 amide bonds. The van der Waals surface area contributed by atoms with E-state index in [-0.39, 0.29) is 17.5 Å². The largest absolute Gasteiger partial charge is 0.454 e. The van der Waals surface area contributed by atoms with Gasteiger partial charge in [0, 0.05) is 17.7 Å². The summed E-state index contributed by atoms with van der Waals surface area (Å²) in [5.74, 6) is -2.54. The average molecular weight is 530 g/mol. The van der Waals surface area contributed by atoms with Gasteiger partial charge in [-0.2, -0.15) is 5.26 Å². The first kappa shape index (κ1) is 25.3. The number of pyridine rings is 1. The molecule has 1 unspecified atom stereocenters. The number of aromatic nitrogens is 1. The molecule has 190 valence electrons. The standard InChI is InChI=1S/C28H20FN3O5S/c29-20-8-4-16(5-9-20)23(33)15-37-28(36)17-6-10-21(11-7-17)32-25(34)13-24(27(32)35)38-26-19(14-30)12-18-2-1-3-22(18)31-26/h4-12,24H,1-3,13,15H2. The number of nitrogens with zero attached hydrogens (tertiary/aromatic N) is 3. The second-order valence-corrected chi connectivity index (χ2v) is 10.0. The molecule has 1 aromatic heterocycles. The maximum atomic E-state index is 13.1. The van der Waals surface area contributed by atoms with Crippen LogP contribution in [0.4, 0.5) is 10.1 Å². The minimum atomic E-state index is -0.758. The highest BCUT2D eigenvalue weighted by atomic mass is 32.2. The lowest BCUT2D eigenvalue weighted by Crippen LogP contribution is -2.31. The number of rotatable bonds is 7. The molecule has 8 nitrogen and oxygen atoms in total. The molecule has 0 radical (unpaired) electrons. The Kier molecular flexibility index (Phi) is 7.03. The summed E-state index contributed by atoms with van der Waals surface area (Å²) in [6.07, 6.45) is 2.64. The Morgan fingerprint density at radius 1 is 1.08 bits per heavy atom. The lowest BCUT2D eigenvalue weighted by Gasteiger charge is -2.15. The fourth-order valence-corrected chi connectivity index (χ4v) is 5.50. The summed E-state index contributed by atoms with van der Waals surface area (Å²) in [6.45, 7) is -0.518. The van der Waals surface area contributed by atoms with E-state index in [0.717, 1.165) is 59.3 Å². The molecule has 2 heterocycles. The fourth-order valence-electron chi connectivity index (χ4n) is 4.41. The number of carbonyl (C=O) groups is 4. The number of Topliss-reactive ketones (excluding diaryl/α,β-unsaturated/α-hetero) is 1. The van der Waals surface area contributed by atoms with Crippen molar-refractivity contribution in [3.8, 4) is 6.07 Å². The number of thioether (sulfide) groups is 1. The van der Waals surface area contributed by atoms with Crippen molar-refractivity contribution in [3.05, 3.63) is 88.4 Å². The van der Waals surface area contributed by atoms with E-state index in [2.05, 4.69) is 11.1 Å². The van der Waals surface area contributed by atoms with Gasteiger partial charge in [-0.1, -0.05) is 11.8 Å². The monoisotopic (exact) mass is 529 g/mol. The van der Waals surface area contributed by atoms with Crippen molar-refractivity contribution in [2.75, 3.05) is 11.5 Å². The zero-order chi connectivity index (χ0) is 26.8. The van der Waals surface area contributed by atoms with Crippen LogP contribution in [0.3, 0.4) is 0 Å². The number of imide groups is 1. The lowest BCUT2D eigenvalue weighted by atomic mass is 10.1. The van der Waals surface area contributed by atoms with Crippen LogP contribution in [-0.2, 0) is 27.2 Å². The zero-order valence-corrected chi connectivity index (χ0v) is 20.8. The third-order valence-electron chi connectivity index (χ3n) is 6.36. The van der Waals surface area contributed by atoms with Crippen LogP contribution >= 0.6 is 11.8 Å². The van der Waals surface area contributed by atoms with E-state index < -0.39 is 41.2 Å². The highest BCUT2D eigenvalue weighted by molar-refractivity contribution is 8.00. The molecule has 1 fully saturated rings. The van der Waals surface area contributed by atoms with Gasteiger partial charge in [0.15, 0.2) is 12.4 Å². The molecule has 1 saturated heterocycles. The maximum Gasteiger partial charge on any atom is 0.338 e. The molecule has 10 heteroatoms. The Hall–Kier alpha value is -4.36. The Bertz CT molecular complexity index is 1500. The predicted molar refractivity (Wildman–Crippen MR) is 135 cm³/mol. The summed E-state index contributed by atoms with van der Waals surface area (Å²) < 4.78 is 18.1. The van der Waals surface area contributed by atoms with Crippen LogP contribution in [0.5, 0.6) is 0 Å². The molecular formula is C28H20FN3O5S. The van der Waals surface area contributed by atoms with Gasteiger partial charge >= 0.3 is 5.97 Å². The second kappa shape index (κ2) is 10.6. The van der Waals surface area contributed by atoms with Crippen LogP contribution in [0, 0.1) is 17.1 Å². The highest BCUT2D eigenvalue weighted by Crippen LogP contribution is 2.36. The van der Waals surface area contributed by atoms with E-state index in [1.54, 1.807) is 0 Å². The summed E-state index contributed by atoms with van der Waals surface area (Å²) >= 11 is 1.12. The van der Waals surface area contributed by atoms with Crippen molar-refractivity contribution in [3.63, 3.8) is 0 Å². The number of anilines is 1. The average Bonchev–Trinajstić information content (AvgIpc) is 3.49. The van der Waals surface area contributed by atoms with E-state index in [1.807, 2.05) is 6.07 Å². The van der Waals surface area contributed by atoms with Gasteiger partial charge in [-0.15, -0.1) is 0 Å². The molecule has 3 aromatic rings. The number of ketones is 1. The van der Waals surface area contributed by atoms with E-state index in [9.17, 15) is 28.8 Å². The summed E-state index contributed by atoms with van der Waals surface area (Å²) in [5.41, 5.74) is 3.03. The van der Waals surface area contributed by atoms with Gasteiger partial charge < -0.3 is 4.74 Å². The molecule has 38 heavy (non-hydrogen) atoms. The number of esters is 1. The molecule has 1 aliphatic carbocycles. The van der Waals surface area contributed by atoms with Crippen LogP contribution in [-0.4, -0.2) is 40.4 Å². The number of hydrogen-bond donors (Lipinski definition) is 0. The minimum Gasteiger partial charge on any atom is -0.454 e. The highest BCUT2D eigenvalue weighted by Gasteiger charge is 2.41. The van der Waals surface area contributed by atoms with E-state index >= 15 is 0 Å². The first-order valence-corrected chi connectivity index (χ1v) is 12.7. The number of benzene rings is 2. The topological polar surface area (TPSA) is 117 Å². The maximum absolute atomic E-state index is 13.1. The fraction of sp³-hybridized carbons (Fsp3) is 0.214. The Balaban J connectivity index is 1.23. The number of hydrogen-bond acceptors (Lipinski definition) is 8. The Labute approximate surface area is 221 Å². The molecule has 0 N–H and O–H groups in total. The van der Waals surface area contributed by atoms with E-state index in [0.29, 0.717) is 16.3 Å². The van der Waals surface area contributed by atoms with Gasteiger partial charge in [0.25, 0.3) is 0 Å². The first-order valence-electron chi connectivity index (χ1n) is 11.9. The molecule has 0 spiro atoms. The van der Waals surface area contributed by atoms with Gasteiger partial charge in [-0.05, 0) is 79.4 Å². The molecule has 2 aromatic carbocycles. The normalized spacial score (nSPS) is 16.3. The van der Waals surface area contributed by atoms with Gasteiger partial charge in [-0.3, -0.25) is 14.4 Å². The van der Waals surface area contributed by atoms with E-state index in [4.69, 9.17) is 4.74 Å². The number of carbonyl (C=O) groups excluding carboxylic acids is 4. The van der Waals surface area contributed by atoms with Crippen molar-refractivity contribution in [2.45, 2.75) is 36.0 Å². The number of fused-ring (bicyclic) bond motifs is 1. The number of aryl methyl sites for hydroxylation is 2. The lowest BCUT2D eigenvalue weighted by molar-refractivity contribution is -0.121. The predicted octanol–water partition coefficient (Wildman–Crippen LogP) is 4.04. The molecule has 0 saturated carbocycles. The number of nitriles is 1. The third kappa shape index (κ3) is 5.06. The molecule has 1 atom stereocenters. The Morgan fingerprint density at radius 2 is 1.79 bits per heavy atom. The summed E-state index contributed by atoms with van der Waals surface area (Å²) in [4.78, 5) is 56.0. The van der Waals surface area contributed by atoms with Crippen LogP contribution in [0.1, 0.15) is 50.4 Å². The van der Waals surface area contributed by atoms with Crippen LogP contribution < -0.4 is 4.90 Å². The third-order valence-corrected chi connectivity index (χ3v) is 7.54. The summed E-state index contributed by atoms with van der Waals surface area (Å²) in [7, 11) is 0. The van der Waals surface area contributed by atoms with E-state index in [1.165, 1.54) is 36.4 Å².